The molecule has 106 valence electrons. The Kier molecular flexibility index (Phi) is 4.70. The fourth-order valence-electron chi connectivity index (χ4n) is 1.73. The summed E-state index contributed by atoms with van der Waals surface area (Å²) >= 11 is 0. The highest BCUT2D eigenvalue weighted by Crippen LogP contribution is 2.16. The Morgan fingerprint density at radius 1 is 1.35 bits per heavy atom. The van der Waals surface area contributed by atoms with Crippen LogP contribution in [0.5, 0.6) is 0 Å². The number of pyridine rings is 1. The molecule has 2 heterocycles. The number of hydrogen-bond donors (Lipinski definition) is 0. The lowest BCUT2D eigenvalue weighted by molar-refractivity contribution is 0.0519. The molecule has 0 amide bonds. The first kappa shape index (κ1) is 14.0. The molecule has 0 spiro atoms. The van der Waals surface area contributed by atoms with Crippen LogP contribution in [0.1, 0.15) is 29.9 Å². The summed E-state index contributed by atoms with van der Waals surface area (Å²) in [6, 6.07) is 4.27. The molecule has 0 aromatic carbocycles. The lowest BCUT2D eigenvalue weighted by Crippen LogP contribution is -2.22. The normalized spacial score (nSPS) is 10.3. The number of carbonyl (C=O) groups is 1. The minimum absolute atomic E-state index is 0.190. The average molecular weight is 275 g/mol. The largest absolute Gasteiger partial charge is 0.461 e. The van der Waals surface area contributed by atoms with E-state index in [0.29, 0.717) is 25.7 Å². The molecular weight excluding hydrogens is 258 g/mol. The molecule has 0 aliphatic heterocycles. The van der Waals surface area contributed by atoms with Crippen LogP contribution in [0, 0.1) is 0 Å². The fraction of sp³-hybridized carbons (Fsp3) is 0.357. The van der Waals surface area contributed by atoms with E-state index in [1.54, 1.807) is 19.3 Å². The second-order valence-corrected chi connectivity index (χ2v) is 4.11. The van der Waals surface area contributed by atoms with Crippen molar-refractivity contribution in [1.29, 1.82) is 0 Å². The molecule has 2 aromatic heterocycles. The summed E-state index contributed by atoms with van der Waals surface area (Å²) in [7, 11) is 0. The Hall–Kier alpha value is -2.37. The Morgan fingerprint density at radius 3 is 2.75 bits per heavy atom. The van der Waals surface area contributed by atoms with Gasteiger partial charge in [-0.05, 0) is 31.5 Å². The standard InChI is InChI=1S/C14H17N3O3/c1-3-17(9-11-5-7-15-8-6-11)14-16-12(10-20-14)13(18)19-4-2/h5-8,10H,3-4,9H2,1-2H3. The molecule has 0 bridgehead atoms. The number of aromatic nitrogens is 2. The van der Waals surface area contributed by atoms with Crippen molar-refractivity contribution in [3.05, 3.63) is 42.0 Å². The van der Waals surface area contributed by atoms with E-state index in [9.17, 15) is 4.79 Å². The van der Waals surface area contributed by atoms with E-state index in [0.717, 1.165) is 5.56 Å². The number of oxazole rings is 1. The van der Waals surface area contributed by atoms with Gasteiger partial charge in [-0.1, -0.05) is 0 Å². The predicted octanol–water partition coefficient (Wildman–Crippen LogP) is 2.27. The zero-order valence-electron chi connectivity index (χ0n) is 11.6. The van der Waals surface area contributed by atoms with Gasteiger partial charge in [0.25, 0.3) is 6.01 Å². The summed E-state index contributed by atoms with van der Waals surface area (Å²) in [6.45, 7) is 5.42. The minimum atomic E-state index is -0.470. The number of carbonyl (C=O) groups excluding carboxylic acids is 1. The number of anilines is 1. The second kappa shape index (κ2) is 6.70. The van der Waals surface area contributed by atoms with E-state index in [1.807, 2.05) is 24.0 Å². The Balaban J connectivity index is 2.10. The molecule has 0 unspecified atom stereocenters. The lowest BCUT2D eigenvalue weighted by atomic mass is 10.2. The molecule has 2 aromatic rings. The summed E-state index contributed by atoms with van der Waals surface area (Å²) < 4.78 is 10.2. The zero-order valence-corrected chi connectivity index (χ0v) is 11.6. The van der Waals surface area contributed by atoms with E-state index >= 15 is 0 Å². The van der Waals surface area contributed by atoms with Gasteiger partial charge in [-0.15, -0.1) is 0 Å². The maximum absolute atomic E-state index is 11.6. The van der Waals surface area contributed by atoms with E-state index in [2.05, 4.69) is 9.97 Å². The van der Waals surface area contributed by atoms with E-state index in [4.69, 9.17) is 9.15 Å². The first-order valence-electron chi connectivity index (χ1n) is 6.51. The SMILES string of the molecule is CCOC(=O)c1coc(N(CC)Cc2ccncc2)n1. The molecule has 0 radical (unpaired) electrons. The van der Waals surface area contributed by atoms with Gasteiger partial charge in [-0.3, -0.25) is 4.98 Å². The van der Waals surface area contributed by atoms with Crippen LogP contribution in [0.15, 0.2) is 35.2 Å². The number of ether oxygens (including phenoxy) is 1. The van der Waals surface area contributed by atoms with Crippen molar-refractivity contribution in [2.75, 3.05) is 18.1 Å². The summed E-state index contributed by atoms with van der Waals surface area (Å²) in [5, 5.41) is 0. The molecule has 0 saturated heterocycles. The predicted molar refractivity (Wildman–Crippen MR) is 73.4 cm³/mol. The molecule has 0 saturated carbocycles. The molecule has 0 fully saturated rings. The van der Waals surface area contributed by atoms with Gasteiger partial charge >= 0.3 is 5.97 Å². The molecule has 6 heteroatoms. The van der Waals surface area contributed by atoms with Crippen molar-refractivity contribution < 1.29 is 13.9 Å². The molecule has 0 aliphatic carbocycles. The van der Waals surface area contributed by atoms with Crippen LogP contribution >= 0.6 is 0 Å². The quantitative estimate of drug-likeness (QED) is 0.753. The van der Waals surface area contributed by atoms with E-state index in [1.165, 1.54) is 6.26 Å². The molecule has 6 nitrogen and oxygen atoms in total. The smallest absolute Gasteiger partial charge is 0.360 e. The number of nitrogens with zero attached hydrogens (tertiary/aromatic N) is 3. The Labute approximate surface area is 117 Å². The topological polar surface area (TPSA) is 68.5 Å². The lowest BCUT2D eigenvalue weighted by Gasteiger charge is -2.18. The van der Waals surface area contributed by atoms with E-state index in [-0.39, 0.29) is 5.69 Å². The highest BCUT2D eigenvalue weighted by molar-refractivity contribution is 5.87. The molecule has 0 N–H and O–H groups in total. The molecule has 0 atom stereocenters. The monoisotopic (exact) mass is 275 g/mol. The van der Waals surface area contributed by atoms with Gasteiger partial charge in [0.2, 0.25) is 0 Å². The summed E-state index contributed by atoms with van der Waals surface area (Å²) in [5.74, 6) is -0.470. The van der Waals surface area contributed by atoms with Crippen molar-refractivity contribution in [1.82, 2.24) is 9.97 Å². The molecule has 2 rings (SSSR count). The van der Waals surface area contributed by atoms with Crippen LogP contribution < -0.4 is 4.90 Å². The van der Waals surface area contributed by atoms with Gasteiger partial charge in [-0.2, -0.15) is 4.98 Å². The van der Waals surface area contributed by atoms with Crippen molar-refractivity contribution in [3.8, 4) is 0 Å². The van der Waals surface area contributed by atoms with Crippen molar-refractivity contribution in [2.45, 2.75) is 20.4 Å². The average Bonchev–Trinajstić information content (AvgIpc) is 2.96. The highest BCUT2D eigenvalue weighted by Gasteiger charge is 2.17. The maximum atomic E-state index is 11.6. The van der Waals surface area contributed by atoms with Gasteiger partial charge in [0, 0.05) is 25.5 Å². The van der Waals surface area contributed by atoms with E-state index < -0.39 is 5.97 Å². The van der Waals surface area contributed by atoms with Crippen molar-refractivity contribution in [3.63, 3.8) is 0 Å². The summed E-state index contributed by atoms with van der Waals surface area (Å²) in [6.07, 6.45) is 4.80. The van der Waals surface area contributed by atoms with Crippen LogP contribution in [-0.4, -0.2) is 29.1 Å². The van der Waals surface area contributed by atoms with Gasteiger partial charge in [-0.25, -0.2) is 4.79 Å². The second-order valence-electron chi connectivity index (χ2n) is 4.11. The number of rotatable bonds is 6. The highest BCUT2D eigenvalue weighted by atomic mass is 16.5. The third-order valence-electron chi connectivity index (χ3n) is 2.75. The zero-order chi connectivity index (χ0) is 14.4. The van der Waals surface area contributed by atoms with Crippen LogP contribution in [0.25, 0.3) is 0 Å². The van der Waals surface area contributed by atoms with Gasteiger partial charge in [0.1, 0.15) is 6.26 Å². The van der Waals surface area contributed by atoms with Crippen molar-refractivity contribution >= 4 is 12.0 Å². The third kappa shape index (κ3) is 3.34. The van der Waals surface area contributed by atoms with Gasteiger partial charge < -0.3 is 14.1 Å². The number of esters is 1. The van der Waals surface area contributed by atoms with Gasteiger partial charge in [0.15, 0.2) is 5.69 Å². The molecular formula is C14H17N3O3. The molecule has 0 aliphatic rings. The fourth-order valence-corrected chi connectivity index (χ4v) is 1.73. The number of hydrogen-bond acceptors (Lipinski definition) is 6. The maximum Gasteiger partial charge on any atom is 0.360 e. The van der Waals surface area contributed by atoms with Gasteiger partial charge in [0.05, 0.1) is 6.61 Å². The van der Waals surface area contributed by atoms with Crippen LogP contribution in [-0.2, 0) is 11.3 Å². The summed E-state index contributed by atoms with van der Waals surface area (Å²) in [4.78, 5) is 21.6. The van der Waals surface area contributed by atoms with Crippen LogP contribution in [0.4, 0.5) is 6.01 Å². The Bertz CT molecular complexity index is 554. The third-order valence-corrected chi connectivity index (χ3v) is 2.75. The van der Waals surface area contributed by atoms with Crippen LogP contribution in [0.2, 0.25) is 0 Å². The summed E-state index contributed by atoms with van der Waals surface area (Å²) in [5.41, 5.74) is 1.28. The Morgan fingerprint density at radius 2 is 2.10 bits per heavy atom. The van der Waals surface area contributed by atoms with Crippen LogP contribution in [0.3, 0.4) is 0 Å². The van der Waals surface area contributed by atoms with Crippen molar-refractivity contribution in [2.24, 2.45) is 0 Å². The minimum Gasteiger partial charge on any atom is -0.461 e. The first-order valence-corrected chi connectivity index (χ1v) is 6.51. The first-order chi connectivity index (χ1) is 9.74. The molecule has 20 heavy (non-hydrogen) atoms.